The van der Waals surface area contributed by atoms with Crippen LogP contribution < -0.4 is 10.2 Å². The topological polar surface area (TPSA) is 89.1 Å². The molecule has 27 heavy (non-hydrogen) atoms. The second-order valence-corrected chi connectivity index (χ2v) is 6.80. The van der Waals surface area contributed by atoms with E-state index in [4.69, 9.17) is 4.52 Å². The number of aryl methyl sites for hydroxylation is 1. The minimum absolute atomic E-state index is 0.218. The zero-order valence-electron chi connectivity index (χ0n) is 15.3. The summed E-state index contributed by atoms with van der Waals surface area (Å²) < 4.78 is 6.97. The van der Waals surface area contributed by atoms with E-state index < -0.39 is 0 Å². The fourth-order valence-electron chi connectivity index (χ4n) is 3.19. The zero-order chi connectivity index (χ0) is 18.6. The van der Waals surface area contributed by atoms with Crippen LogP contribution in [0.25, 0.3) is 0 Å². The lowest BCUT2D eigenvalue weighted by atomic mass is 10.1. The monoisotopic (exact) mass is 366 g/mol. The number of rotatable bonds is 5. The van der Waals surface area contributed by atoms with Crippen LogP contribution in [0.5, 0.6) is 0 Å². The van der Waals surface area contributed by atoms with Crippen molar-refractivity contribution in [2.45, 2.75) is 32.7 Å². The number of amides is 1. The molecule has 4 heterocycles. The lowest BCUT2D eigenvalue weighted by molar-refractivity contribution is 0.101. The van der Waals surface area contributed by atoms with Gasteiger partial charge in [-0.05, 0) is 43.9 Å². The zero-order valence-corrected chi connectivity index (χ0v) is 15.3. The first-order valence-electron chi connectivity index (χ1n) is 9.14. The van der Waals surface area contributed by atoms with Crippen molar-refractivity contribution in [3.05, 3.63) is 53.8 Å². The van der Waals surface area contributed by atoms with Crippen LogP contribution >= 0.6 is 0 Å². The standard InChI is InChI=1S/C19H22N6O2/c1-14-10-21-25(12-14)13-16-9-17(23-27-16)19(26)22-18-6-5-15(11-20-18)24-7-3-2-4-8-24/h5-6,9-12H,2-4,7-8,13H2,1H3,(H,20,22,26). The summed E-state index contributed by atoms with van der Waals surface area (Å²) in [5, 5.41) is 10.8. The molecule has 0 unspecified atom stereocenters. The number of aromatic nitrogens is 4. The number of hydrogen-bond donors (Lipinski definition) is 1. The molecule has 1 fully saturated rings. The molecular formula is C19H22N6O2. The van der Waals surface area contributed by atoms with E-state index >= 15 is 0 Å². The van der Waals surface area contributed by atoms with Crippen LogP contribution in [0.1, 0.15) is 41.1 Å². The van der Waals surface area contributed by atoms with Gasteiger partial charge in [-0.2, -0.15) is 5.10 Å². The molecule has 140 valence electrons. The summed E-state index contributed by atoms with van der Waals surface area (Å²) in [4.78, 5) is 19.0. The molecule has 8 heteroatoms. The van der Waals surface area contributed by atoms with Crippen LogP contribution in [0, 0.1) is 6.92 Å². The number of nitrogens with zero attached hydrogens (tertiary/aromatic N) is 5. The van der Waals surface area contributed by atoms with E-state index in [0.717, 1.165) is 24.3 Å². The molecule has 0 aromatic carbocycles. The predicted molar refractivity (Wildman–Crippen MR) is 101 cm³/mol. The van der Waals surface area contributed by atoms with E-state index in [0.29, 0.717) is 18.1 Å². The Hall–Kier alpha value is -3.16. The maximum absolute atomic E-state index is 12.4. The molecule has 0 bridgehead atoms. The number of carbonyl (C=O) groups is 1. The number of hydrogen-bond acceptors (Lipinski definition) is 6. The van der Waals surface area contributed by atoms with E-state index in [1.807, 2.05) is 25.3 Å². The van der Waals surface area contributed by atoms with Gasteiger partial charge in [0.25, 0.3) is 5.91 Å². The maximum Gasteiger partial charge on any atom is 0.279 e. The Kier molecular flexibility index (Phi) is 4.86. The summed E-state index contributed by atoms with van der Waals surface area (Å²) in [6.07, 6.45) is 9.18. The van der Waals surface area contributed by atoms with Gasteiger partial charge in [0.1, 0.15) is 12.4 Å². The maximum atomic E-state index is 12.4. The second-order valence-electron chi connectivity index (χ2n) is 6.80. The molecule has 1 N–H and O–H groups in total. The van der Waals surface area contributed by atoms with Crippen molar-refractivity contribution < 1.29 is 9.32 Å². The van der Waals surface area contributed by atoms with E-state index in [1.165, 1.54) is 19.3 Å². The van der Waals surface area contributed by atoms with Gasteiger partial charge in [-0.25, -0.2) is 4.98 Å². The average molecular weight is 366 g/mol. The molecular weight excluding hydrogens is 344 g/mol. The minimum atomic E-state index is -0.347. The smallest absolute Gasteiger partial charge is 0.279 e. The van der Waals surface area contributed by atoms with Gasteiger partial charge in [-0.3, -0.25) is 9.48 Å². The van der Waals surface area contributed by atoms with Gasteiger partial charge in [-0.1, -0.05) is 5.16 Å². The number of nitrogens with one attached hydrogen (secondary N) is 1. The van der Waals surface area contributed by atoms with Gasteiger partial charge in [-0.15, -0.1) is 0 Å². The quantitative estimate of drug-likeness (QED) is 0.747. The molecule has 3 aromatic heterocycles. The van der Waals surface area contributed by atoms with Crippen molar-refractivity contribution in [1.29, 1.82) is 0 Å². The molecule has 1 aliphatic rings. The predicted octanol–water partition coefficient (Wildman–Crippen LogP) is 2.87. The Morgan fingerprint density at radius 2 is 2.07 bits per heavy atom. The van der Waals surface area contributed by atoms with Crippen LogP contribution in [0.4, 0.5) is 11.5 Å². The normalized spacial score (nSPS) is 14.3. The molecule has 4 rings (SSSR count). The number of anilines is 2. The number of pyridine rings is 1. The largest absolute Gasteiger partial charge is 0.370 e. The highest BCUT2D eigenvalue weighted by Crippen LogP contribution is 2.20. The van der Waals surface area contributed by atoms with Gasteiger partial charge in [0.2, 0.25) is 0 Å². The highest BCUT2D eigenvalue weighted by atomic mass is 16.5. The van der Waals surface area contributed by atoms with Gasteiger partial charge in [0, 0.05) is 25.4 Å². The molecule has 8 nitrogen and oxygen atoms in total. The molecule has 1 saturated heterocycles. The summed E-state index contributed by atoms with van der Waals surface area (Å²) in [5.74, 6) is 0.713. The SMILES string of the molecule is Cc1cnn(Cc2cc(C(=O)Nc3ccc(N4CCCCC4)cn3)no2)c1. The van der Waals surface area contributed by atoms with Gasteiger partial charge < -0.3 is 14.7 Å². The fraction of sp³-hybridized carbons (Fsp3) is 0.368. The molecule has 0 saturated carbocycles. The Balaban J connectivity index is 1.37. The van der Waals surface area contributed by atoms with Crippen molar-refractivity contribution in [3.8, 4) is 0 Å². The third-order valence-corrected chi connectivity index (χ3v) is 4.58. The Morgan fingerprint density at radius 1 is 1.22 bits per heavy atom. The lowest BCUT2D eigenvalue weighted by Crippen LogP contribution is -2.29. The molecule has 1 aliphatic heterocycles. The molecule has 0 radical (unpaired) electrons. The fourth-order valence-corrected chi connectivity index (χ4v) is 3.19. The Labute approximate surface area is 157 Å². The molecule has 0 aliphatic carbocycles. The van der Waals surface area contributed by atoms with Crippen LogP contribution in [0.15, 0.2) is 41.3 Å². The summed E-state index contributed by atoms with van der Waals surface area (Å²) in [6.45, 7) is 4.51. The first kappa shape index (κ1) is 17.3. The first-order chi connectivity index (χ1) is 13.2. The molecule has 0 atom stereocenters. The summed E-state index contributed by atoms with van der Waals surface area (Å²) in [7, 11) is 0. The summed E-state index contributed by atoms with van der Waals surface area (Å²) >= 11 is 0. The van der Waals surface area contributed by atoms with Gasteiger partial charge in [0.05, 0.1) is 18.1 Å². The molecule has 3 aromatic rings. The number of piperidine rings is 1. The Bertz CT molecular complexity index is 908. The summed E-state index contributed by atoms with van der Waals surface area (Å²) in [6, 6.07) is 5.42. The van der Waals surface area contributed by atoms with Crippen LogP contribution in [-0.2, 0) is 6.54 Å². The van der Waals surface area contributed by atoms with Crippen molar-refractivity contribution in [2.24, 2.45) is 0 Å². The third-order valence-electron chi connectivity index (χ3n) is 4.58. The van der Waals surface area contributed by atoms with Crippen LogP contribution in [0.3, 0.4) is 0 Å². The summed E-state index contributed by atoms with van der Waals surface area (Å²) in [5.41, 5.74) is 2.37. The van der Waals surface area contributed by atoms with Crippen molar-refractivity contribution in [3.63, 3.8) is 0 Å². The van der Waals surface area contributed by atoms with Crippen molar-refractivity contribution >= 4 is 17.4 Å². The van der Waals surface area contributed by atoms with Gasteiger partial charge in [0.15, 0.2) is 11.5 Å². The van der Waals surface area contributed by atoms with Crippen LogP contribution in [0.2, 0.25) is 0 Å². The first-order valence-corrected chi connectivity index (χ1v) is 9.14. The van der Waals surface area contributed by atoms with E-state index in [1.54, 1.807) is 23.1 Å². The minimum Gasteiger partial charge on any atom is -0.370 e. The van der Waals surface area contributed by atoms with E-state index in [9.17, 15) is 4.79 Å². The second kappa shape index (κ2) is 7.61. The highest BCUT2D eigenvalue weighted by molar-refractivity contribution is 6.02. The highest BCUT2D eigenvalue weighted by Gasteiger charge is 2.15. The average Bonchev–Trinajstić information content (AvgIpc) is 3.32. The van der Waals surface area contributed by atoms with Crippen molar-refractivity contribution in [1.82, 2.24) is 19.9 Å². The van der Waals surface area contributed by atoms with E-state index in [2.05, 4.69) is 25.5 Å². The van der Waals surface area contributed by atoms with Gasteiger partial charge >= 0.3 is 0 Å². The molecule has 1 amide bonds. The van der Waals surface area contributed by atoms with Crippen molar-refractivity contribution in [2.75, 3.05) is 23.3 Å². The lowest BCUT2D eigenvalue weighted by Gasteiger charge is -2.28. The van der Waals surface area contributed by atoms with E-state index in [-0.39, 0.29) is 11.6 Å². The number of carbonyl (C=O) groups excluding carboxylic acids is 1. The molecule has 0 spiro atoms. The third kappa shape index (κ3) is 4.16. The van der Waals surface area contributed by atoms with Crippen LogP contribution in [-0.4, -0.2) is 38.9 Å². The Morgan fingerprint density at radius 3 is 2.78 bits per heavy atom.